The number of hydrogen-bond donors (Lipinski definition) is 1. The van der Waals surface area contributed by atoms with E-state index < -0.39 is 10.0 Å². The van der Waals surface area contributed by atoms with Gasteiger partial charge in [0.1, 0.15) is 5.75 Å². The van der Waals surface area contributed by atoms with Crippen LogP contribution >= 0.6 is 0 Å². The van der Waals surface area contributed by atoms with E-state index in [9.17, 15) is 8.42 Å². The molecule has 2 rings (SSSR count). The van der Waals surface area contributed by atoms with Crippen LogP contribution in [-0.4, -0.2) is 36.1 Å². The topological polar surface area (TPSA) is 86.1 Å². The summed E-state index contributed by atoms with van der Waals surface area (Å²) in [5, 5.41) is 8.05. The van der Waals surface area contributed by atoms with Crippen LogP contribution in [0.2, 0.25) is 0 Å². The van der Waals surface area contributed by atoms with E-state index in [0.717, 1.165) is 0 Å². The van der Waals surface area contributed by atoms with Crippen molar-refractivity contribution in [2.24, 2.45) is 5.92 Å². The summed E-state index contributed by atoms with van der Waals surface area (Å²) in [5.41, 5.74) is 0. The molecule has 0 bridgehead atoms. The molecule has 0 amide bonds. The third kappa shape index (κ3) is 4.77. The SMILES string of the molecule is CCOc1ccc(S(=O)(=O)N[C@@H](Cn2nccn2)C(C)C)cc1. The number of hydrogen-bond acceptors (Lipinski definition) is 5. The molecule has 0 saturated carbocycles. The number of ether oxygens (including phenoxy) is 1. The Bertz CT molecular complexity index is 697. The monoisotopic (exact) mass is 338 g/mol. The number of rotatable bonds is 8. The van der Waals surface area contributed by atoms with Crippen molar-refractivity contribution in [2.75, 3.05) is 6.61 Å². The quantitative estimate of drug-likeness (QED) is 0.791. The third-order valence-electron chi connectivity index (χ3n) is 3.38. The fourth-order valence-electron chi connectivity index (χ4n) is 2.05. The minimum Gasteiger partial charge on any atom is -0.494 e. The number of benzene rings is 1. The lowest BCUT2D eigenvalue weighted by molar-refractivity contribution is 0.340. The van der Waals surface area contributed by atoms with E-state index in [0.29, 0.717) is 18.9 Å². The molecule has 23 heavy (non-hydrogen) atoms. The Labute approximate surface area is 136 Å². The largest absolute Gasteiger partial charge is 0.494 e. The van der Waals surface area contributed by atoms with Gasteiger partial charge in [-0.2, -0.15) is 15.0 Å². The predicted molar refractivity (Wildman–Crippen MR) is 86.6 cm³/mol. The van der Waals surface area contributed by atoms with Gasteiger partial charge in [-0.25, -0.2) is 13.1 Å². The molecule has 0 radical (unpaired) electrons. The molecule has 2 aromatic rings. The molecule has 0 spiro atoms. The van der Waals surface area contributed by atoms with Gasteiger partial charge in [-0.3, -0.25) is 0 Å². The summed E-state index contributed by atoms with van der Waals surface area (Å²) < 4.78 is 33.1. The van der Waals surface area contributed by atoms with Crippen molar-refractivity contribution in [3.8, 4) is 5.75 Å². The number of nitrogens with one attached hydrogen (secondary N) is 1. The number of nitrogens with zero attached hydrogens (tertiary/aromatic N) is 3. The van der Waals surface area contributed by atoms with Crippen molar-refractivity contribution < 1.29 is 13.2 Å². The maximum absolute atomic E-state index is 12.5. The van der Waals surface area contributed by atoms with Crippen LogP contribution in [0.15, 0.2) is 41.6 Å². The van der Waals surface area contributed by atoms with Crippen LogP contribution in [0, 0.1) is 5.92 Å². The number of sulfonamides is 1. The van der Waals surface area contributed by atoms with Crippen LogP contribution in [0.3, 0.4) is 0 Å². The Morgan fingerprint density at radius 1 is 1.17 bits per heavy atom. The lowest BCUT2D eigenvalue weighted by Gasteiger charge is -2.21. The van der Waals surface area contributed by atoms with Gasteiger partial charge < -0.3 is 4.74 Å². The molecule has 1 aromatic heterocycles. The minimum absolute atomic E-state index is 0.0958. The van der Waals surface area contributed by atoms with E-state index in [1.54, 1.807) is 24.5 Å². The molecule has 1 heterocycles. The maximum Gasteiger partial charge on any atom is 0.240 e. The highest BCUT2D eigenvalue weighted by atomic mass is 32.2. The molecule has 1 atom stereocenters. The highest BCUT2D eigenvalue weighted by Crippen LogP contribution is 2.17. The molecular weight excluding hydrogens is 316 g/mol. The highest BCUT2D eigenvalue weighted by molar-refractivity contribution is 7.89. The average molecular weight is 338 g/mol. The van der Waals surface area contributed by atoms with Gasteiger partial charge in [-0.05, 0) is 37.1 Å². The molecular formula is C15H22N4O3S. The minimum atomic E-state index is -3.61. The van der Waals surface area contributed by atoms with E-state index in [2.05, 4.69) is 14.9 Å². The van der Waals surface area contributed by atoms with Crippen molar-refractivity contribution in [3.05, 3.63) is 36.7 Å². The van der Waals surface area contributed by atoms with E-state index in [1.807, 2.05) is 20.8 Å². The highest BCUT2D eigenvalue weighted by Gasteiger charge is 2.23. The summed E-state index contributed by atoms with van der Waals surface area (Å²) >= 11 is 0. The fourth-order valence-corrected chi connectivity index (χ4v) is 3.42. The van der Waals surface area contributed by atoms with E-state index in [4.69, 9.17) is 4.74 Å². The van der Waals surface area contributed by atoms with Gasteiger partial charge in [0.25, 0.3) is 0 Å². The fraction of sp³-hybridized carbons (Fsp3) is 0.467. The summed E-state index contributed by atoms with van der Waals surface area (Å²) in [6.07, 6.45) is 3.14. The zero-order valence-electron chi connectivity index (χ0n) is 13.5. The van der Waals surface area contributed by atoms with Gasteiger partial charge >= 0.3 is 0 Å². The second kappa shape index (κ2) is 7.56. The van der Waals surface area contributed by atoms with Gasteiger partial charge in [-0.15, -0.1) is 0 Å². The van der Waals surface area contributed by atoms with Crippen molar-refractivity contribution in [2.45, 2.75) is 38.3 Å². The molecule has 0 fully saturated rings. The van der Waals surface area contributed by atoms with E-state index in [1.165, 1.54) is 16.9 Å². The van der Waals surface area contributed by atoms with Gasteiger partial charge in [0, 0.05) is 6.04 Å². The van der Waals surface area contributed by atoms with Gasteiger partial charge in [-0.1, -0.05) is 13.8 Å². The molecule has 1 N–H and O–H groups in total. The summed E-state index contributed by atoms with van der Waals surface area (Å²) in [6, 6.07) is 6.07. The van der Waals surface area contributed by atoms with Crippen molar-refractivity contribution in [1.82, 2.24) is 19.7 Å². The summed E-state index contributed by atoms with van der Waals surface area (Å²) in [5.74, 6) is 0.742. The van der Waals surface area contributed by atoms with Gasteiger partial charge in [0.2, 0.25) is 10.0 Å². The molecule has 8 heteroatoms. The van der Waals surface area contributed by atoms with Crippen molar-refractivity contribution in [3.63, 3.8) is 0 Å². The molecule has 0 unspecified atom stereocenters. The van der Waals surface area contributed by atoms with E-state index >= 15 is 0 Å². The zero-order valence-corrected chi connectivity index (χ0v) is 14.3. The van der Waals surface area contributed by atoms with Crippen LogP contribution in [0.25, 0.3) is 0 Å². The summed E-state index contributed by atoms with van der Waals surface area (Å²) in [4.78, 5) is 1.69. The van der Waals surface area contributed by atoms with Crippen LogP contribution in [0.1, 0.15) is 20.8 Å². The van der Waals surface area contributed by atoms with Crippen molar-refractivity contribution >= 4 is 10.0 Å². The second-order valence-electron chi connectivity index (χ2n) is 5.46. The van der Waals surface area contributed by atoms with Crippen LogP contribution < -0.4 is 9.46 Å². The Morgan fingerprint density at radius 3 is 2.30 bits per heavy atom. The first-order chi connectivity index (χ1) is 10.9. The standard InChI is InChI=1S/C15H22N4O3S/c1-4-22-13-5-7-14(8-6-13)23(20,21)18-15(12(2)3)11-19-16-9-10-17-19/h5-10,12,15,18H,4,11H2,1-3H3/t15-/m0/s1. The Balaban J connectivity index is 2.13. The van der Waals surface area contributed by atoms with Crippen LogP contribution in [0.5, 0.6) is 5.75 Å². The third-order valence-corrected chi connectivity index (χ3v) is 4.89. The smallest absolute Gasteiger partial charge is 0.240 e. The lowest BCUT2D eigenvalue weighted by atomic mass is 10.1. The Morgan fingerprint density at radius 2 is 1.78 bits per heavy atom. The summed E-state index contributed by atoms with van der Waals surface area (Å²) in [7, 11) is -3.61. The predicted octanol–water partition coefficient (Wildman–Crippen LogP) is 1.68. The van der Waals surface area contributed by atoms with E-state index in [-0.39, 0.29) is 16.9 Å². The Kier molecular flexibility index (Phi) is 5.73. The summed E-state index contributed by atoms with van der Waals surface area (Å²) in [6.45, 7) is 6.70. The molecule has 1 aromatic carbocycles. The maximum atomic E-state index is 12.5. The first kappa shape index (κ1) is 17.4. The normalized spacial score (nSPS) is 13.2. The molecule has 0 aliphatic heterocycles. The first-order valence-electron chi connectivity index (χ1n) is 7.51. The van der Waals surface area contributed by atoms with Crippen LogP contribution in [-0.2, 0) is 16.6 Å². The first-order valence-corrected chi connectivity index (χ1v) is 9.00. The van der Waals surface area contributed by atoms with Gasteiger partial charge in [0.15, 0.2) is 0 Å². The molecule has 0 aliphatic carbocycles. The van der Waals surface area contributed by atoms with Gasteiger partial charge in [0.05, 0.1) is 30.4 Å². The number of aromatic nitrogens is 3. The second-order valence-corrected chi connectivity index (χ2v) is 7.17. The average Bonchev–Trinajstić information content (AvgIpc) is 3.00. The molecule has 0 saturated heterocycles. The molecule has 7 nitrogen and oxygen atoms in total. The Hall–Kier alpha value is -1.93. The molecule has 126 valence electrons. The zero-order chi connectivity index (χ0) is 16.9. The molecule has 0 aliphatic rings. The van der Waals surface area contributed by atoms with Crippen molar-refractivity contribution in [1.29, 1.82) is 0 Å². The lowest BCUT2D eigenvalue weighted by Crippen LogP contribution is -2.41. The van der Waals surface area contributed by atoms with Crippen LogP contribution in [0.4, 0.5) is 0 Å².